The van der Waals surface area contributed by atoms with E-state index in [1.54, 1.807) is 43.6 Å². The molecule has 1 aliphatic heterocycles. The van der Waals surface area contributed by atoms with Crippen LogP contribution < -0.4 is 20.1 Å². The van der Waals surface area contributed by atoms with Crippen molar-refractivity contribution in [2.75, 3.05) is 28.9 Å². The first kappa shape index (κ1) is 28.6. The predicted octanol–water partition coefficient (Wildman–Crippen LogP) is 5.65. The highest BCUT2D eigenvalue weighted by Gasteiger charge is 2.30. The second kappa shape index (κ2) is 11.9. The van der Waals surface area contributed by atoms with Gasteiger partial charge in [-0.2, -0.15) is 13.2 Å². The standard InChI is InChI=1S/C28H29F3N6O3S/c1-18-15-23(37-41(38,39)14-9-28(29,30)31)21-6-2-3-7-22(21)26(18)40-27-25(34-12-13-35-27)19-8-11-33-24(16-19)36-20-5-4-10-32-17-20/h2-3,6-8,11-13,15-16,20,32,37H,4-5,9-10,14,17H2,1H3,(H,33,36). The van der Waals surface area contributed by atoms with Crippen molar-refractivity contribution in [3.8, 4) is 22.9 Å². The summed E-state index contributed by atoms with van der Waals surface area (Å²) >= 11 is 0. The van der Waals surface area contributed by atoms with E-state index in [1.807, 2.05) is 12.1 Å². The van der Waals surface area contributed by atoms with Crippen molar-refractivity contribution in [1.82, 2.24) is 20.3 Å². The molecule has 1 saturated heterocycles. The number of hydrogen-bond donors (Lipinski definition) is 3. The first-order valence-corrected chi connectivity index (χ1v) is 14.8. The van der Waals surface area contributed by atoms with Gasteiger partial charge in [0.15, 0.2) is 0 Å². The number of rotatable bonds is 9. The molecule has 1 aliphatic rings. The molecule has 0 amide bonds. The van der Waals surface area contributed by atoms with Crippen LogP contribution in [0.4, 0.5) is 24.7 Å². The number of aromatic nitrogens is 3. The predicted molar refractivity (Wildman–Crippen MR) is 152 cm³/mol. The molecule has 5 rings (SSSR count). The fourth-order valence-electron chi connectivity index (χ4n) is 4.71. The number of ether oxygens (including phenoxy) is 1. The van der Waals surface area contributed by atoms with Gasteiger partial charge >= 0.3 is 6.18 Å². The molecule has 0 spiro atoms. The molecule has 0 aliphatic carbocycles. The number of fused-ring (bicyclic) bond motifs is 1. The molecule has 216 valence electrons. The van der Waals surface area contributed by atoms with Crippen molar-refractivity contribution < 1.29 is 26.3 Å². The van der Waals surface area contributed by atoms with Crippen LogP contribution in [0.1, 0.15) is 24.8 Å². The molecule has 1 unspecified atom stereocenters. The van der Waals surface area contributed by atoms with Crippen LogP contribution in [-0.2, 0) is 10.0 Å². The Kier molecular flexibility index (Phi) is 8.27. The zero-order valence-corrected chi connectivity index (χ0v) is 23.0. The zero-order chi connectivity index (χ0) is 29.0. The summed E-state index contributed by atoms with van der Waals surface area (Å²) in [6, 6.07) is 12.4. The van der Waals surface area contributed by atoms with Crippen LogP contribution in [0.5, 0.6) is 11.6 Å². The normalized spacial score (nSPS) is 16.0. The molecule has 3 heterocycles. The monoisotopic (exact) mass is 586 g/mol. The van der Waals surface area contributed by atoms with Gasteiger partial charge in [-0.3, -0.25) is 4.72 Å². The van der Waals surface area contributed by atoms with Gasteiger partial charge in [-0.25, -0.2) is 23.4 Å². The van der Waals surface area contributed by atoms with E-state index in [0.717, 1.165) is 31.5 Å². The second-order valence-electron chi connectivity index (χ2n) is 9.83. The maximum absolute atomic E-state index is 12.7. The van der Waals surface area contributed by atoms with E-state index < -0.39 is 28.4 Å². The third kappa shape index (κ3) is 7.22. The number of nitrogens with one attached hydrogen (secondary N) is 3. The van der Waals surface area contributed by atoms with Crippen molar-refractivity contribution >= 4 is 32.3 Å². The summed E-state index contributed by atoms with van der Waals surface area (Å²) in [5, 5.41) is 7.84. The summed E-state index contributed by atoms with van der Waals surface area (Å²) in [6.07, 6.45) is 0.849. The van der Waals surface area contributed by atoms with E-state index in [9.17, 15) is 21.6 Å². The maximum Gasteiger partial charge on any atom is 0.390 e. The molecule has 9 nitrogen and oxygen atoms in total. The summed E-state index contributed by atoms with van der Waals surface area (Å²) in [7, 11) is -4.25. The van der Waals surface area contributed by atoms with Gasteiger partial charge in [0.2, 0.25) is 15.9 Å². The van der Waals surface area contributed by atoms with Gasteiger partial charge in [0.05, 0.1) is 17.9 Å². The summed E-state index contributed by atoms with van der Waals surface area (Å²) in [5.74, 6) is 0.277. The lowest BCUT2D eigenvalue weighted by molar-refractivity contribution is -0.129. The summed E-state index contributed by atoms with van der Waals surface area (Å²) in [5.41, 5.74) is 1.94. The lowest BCUT2D eigenvalue weighted by atomic mass is 10.0. The van der Waals surface area contributed by atoms with Gasteiger partial charge < -0.3 is 15.4 Å². The molecule has 0 bridgehead atoms. The highest BCUT2D eigenvalue weighted by Crippen LogP contribution is 2.40. The molecule has 3 N–H and O–H groups in total. The number of aryl methyl sites for hydroxylation is 1. The van der Waals surface area contributed by atoms with Gasteiger partial charge in [0.1, 0.15) is 17.3 Å². The molecule has 1 atom stereocenters. The largest absolute Gasteiger partial charge is 0.436 e. The quantitative estimate of drug-likeness (QED) is 0.230. The van der Waals surface area contributed by atoms with Crippen molar-refractivity contribution in [2.24, 2.45) is 0 Å². The molecule has 4 aromatic rings. The third-order valence-corrected chi connectivity index (χ3v) is 7.92. The molecule has 13 heteroatoms. The van der Waals surface area contributed by atoms with E-state index in [0.29, 0.717) is 33.6 Å². The molecule has 0 radical (unpaired) electrons. The average molecular weight is 587 g/mol. The van der Waals surface area contributed by atoms with Crippen LogP contribution in [0.3, 0.4) is 0 Å². The Morgan fingerprint density at radius 2 is 1.83 bits per heavy atom. The topological polar surface area (TPSA) is 118 Å². The summed E-state index contributed by atoms with van der Waals surface area (Å²) < 4.78 is 71.5. The maximum atomic E-state index is 12.7. The van der Waals surface area contributed by atoms with Crippen LogP contribution in [-0.4, -0.2) is 54.4 Å². The lowest BCUT2D eigenvalue weighted by Gasteiger charge is -2.24. The molecular weight excluding hydrogens is 557 g/mol. The SMILES string of the molecule is Cc1cc(NS(=O)(=O)CCC(F)(F)F)c2ccccc2c1Oc1nccnc1-c1ccnc(NC2CCCNC2)c1. The van der Waals surface area contributed by atoms with Gasteiger partial charge in [0, 0.05) is 47.5 Å². The highest BCUT2D eigenvalue weighted by molar-refractivity contribution is 7.92. The molecule has 0 saturated carbocycles. The lowest BCUT2D eigenvalue weighted by Crippen LogP contribution is -2.38. The number of sulfonamides is 1. The number of benzene rings is 2. The molecular formula is C28H29F3N6O3S. The number of hydrogen-bond acceptors (Lipinski definition) is 8. The first-order chi connectivity index (χ1) is 19.6. The minimum absolute atomic E-state index is 0.161. The fourth-order valence-corrected chi connectivity index (χ4v) is 5.82. The van der Waals surface area contributed by atoms with Crippen LogP contribution in [0.25, 0.3) is 22.0 Å². The fraction of sp³-hybridized carbons (Fsp3) is 0.321. The van der Waals surface area contributed by atoms with Gasteiger partial charge in [-0.15, -0.1) is 0 Å². The number of nitrogens with zero attached hydrogens (tertiary/aromatic N) is 3. The Hall–Kier alpha value is -3.97. The number of anilines is 2. The van der Waals surface area contributed by atoms with Crippen molar-refractivity contribution in [2.45, 2.75) is 38.4 Å². The minimum Gasteiger partial charge on any atom is -0.436 e. The Bertz CT molecular complexity index is 1640. The molecule has 41 heavy (non-hydrogen) atoms. The zero-order valence-electron chi connectivity index (χ0n) is 22.2. The van der Waals surface area contributed by atoms with Crippen LogP contribution in [0, 0.1) is 6.92 Å². The second-order valence-corrected chi connectivity index (χ2v) is 11.7. The number of pyridine rings is 1. The van der Waals surface area contributed by atoms with Crippen LogP contribution in [0.2, 0.25) is 0 Å². The van der Waals surface area contributed by atoms with Gasteiger partial charge in [-0.05, 0) is 50.1 Å². The van der Waals surface area contributed by atoms with E-state index in [1.165, 1.54) is 12.3 Å². The average Bonchev–Trinajstić information content (AvgIpc) is 2.95. The molecule has 1 fully saturated rings. The summed E-state index contributed by atoms with van der Waals surface area (Å²) in [4.78, 5) is 13.4. The van der Waals surface area contributed by atoms with Crippen molar-refractivity contribution in [3.63, 3.8) is 0 Å². The van der Waals surface area contributed by atoms with E-state index in [4.69, 9.17) is 4.74 Å². The van der Waals surface area contributed by atoms with E-state index in [-0.39, 0.29) is 17.6 Å². The smallest absolute Gasteiger partial charge is 0.390 e. The van der Waals surface area contributed by atoms with Gasteiger partial charge in [0.25, 0.3) is 0 Å². The number of piperidine rings is 1. The van der Waals surface area contributed by atoms with E-state index >= 15 is 0 Å². The third-order valence-electron chi connectivity index (χ3n) is 6.65. The molecule has 2 aromatic carbocycles. The number of alkyl halides is 3. The highest BCUT2D eigenvalue weighted by atomic mass is 32.2. The van der Waals surface area contributed by atoms with Crippen molar-refractivity contribution in [3.05, 3.63) is 66.6 Å². The van der Waals surface area contributed by atoms with Gasteiger partial charge in [-0.1, -0.05) is 24.3 Å². The number of halogens is 3. The van der Waals surface area contributed by atoms with Crippen molar-refractivity contribution in [1.29, 1.82) is 0 Å². The Labute approximate surface area is 235 Å². The Morgan fingerprint density at radius 3 is 2.59 bits per heavy atom. The molecule has 2 aromatic heterocycles. The Morgan fingerprint density at radius 1 is 1.05 bits per heavy atom. The summed E-state index contributed by atoms with van der Waals surface area (Å²) in [6.45, 7) is 3.58. The minimum atomic E-state index is -4.59. The van der Waals surface area contributed by atoms with Crippen LogP contribution >= 0.6 is 0 Å². The van der Waals surface area contributed by atoms with Crippen LogP contribution in [0.15, 0.2) is 61.1 Å². The van der Waals surface area contributed by atoms with E-state index in [2.05, 4.69) is 30.3 Å². The first-order valence-electron chi connectivity index (χ1n) is 13.1. The Balaban J connectivity index is 1.45.